The van der Waals surface area contributed by atoms with Gasteiger partial charge in [0.15, 0.2) is 5.96 Å². The Labute approximate surface area is 195 Å². The maximum absolute atomic E-state index is 10.3. The summed E-state index contributed by atoms with van der Waals surface area (Å²) >= 11 is 7.36. The van der Waals surface area contributed by atoms with Crippen LogP contribution < -0.4 is 10.6 Å². The molecule has 28 heavy (non-hydrogen) atoms. The van der Waals surface area contributed by atoms with E-state index in [0.717, 1.165) is 50.1 Å². The molecule has 1 aliphatic heterocycles. The van der Waals surface area contributed by atoms with E-state index in [-0.39, 0.29) is 24.0 Å². The van der Waals surface area contributed by atoms with Gasteiger partial charge in [0.2, 0.25) is 0 Å². The quantitative estimate of drug-likeness (QED) is 0.267. The Bertz CT molecular complexity index is 593. The number of likely N-dealkylation sites (N-methyl/N-ethyl adjacent to an activating group) is 1. The zero-order chi connectivity index (χ0) is 19.8. The molecule has 0 spiro atoms. The van der Waals surface area contributed by atoms with Gasteiger partial charge in [-0.3, -0.25) is 9.89 Å². The van der Waals surface area contributed by atoms with Crippen LogP contribution in [0.5, 0.6) is 0 Å². The van der Waals surface area contributed by atoms with Gasteiger partial charge in [-0.25, -0.2) is 0 Å². The minimum Gasteiger partial charge on any atom is -0.386 e. The van der Waals surface area contributed by atoms with Crippen molar-refractivity contribution in [3.63, 3.8) is 0 Å². The molecule has 162 valence electrons. The van der Waals surface area contributed by atoms with Crippen molar-refractivity contribution in [2.75, 3.05) is 52.9 Å². The third-order valence-electron chi connectivity index (χ3n) is 4.94. The molecule has 0 aromatic carbocycles. The summed E-state index contributed by atoms with van der Waals surface area (Å²) in [5.41, 5.74) is 0. The molecule has 1 saturated heterocycles. The van der Waals surface area contributed by atoms with E-state index < -0.39 is 6.10 Å². The Morgan fingerprint density at radius 3 is 2.46 bits per heavy atom. The first kappa shape index (κ1) is 25.9. The monoisotopic (exact) mass is 543 g/mol. The first-order valence-electron chi connectivity index (χ1n) is 9.78. The number of nitrogens with one attached hydrogen (secondary N) is 2. The molecule has 0 bridgehead atoms. The number of piperazine rings is 1. The van der Waals surface area contributed by atoms with Gasteiger partial charge in [0.05, 0.1) is 10.9 Å². The van der Waals surface area contributed by atoms with Gasteiger partial charge in [-0.15, -0.1) is 35.3 Å². The van der Waals surface area contributed by atoms with Crippen LogP contribution in [-0.4, -0.2) is 79.8 Å². The fourth-order valence-corrected chi connectivity index (χ4v) is 4.28. The molecule has 1 aromatic heterocycles. The molecule has 3 N–H and O–H groups in total. The number of guanidine groups is 1. The van der Waals surface area contributed by atoms with E-state index in [0.29, 0.717) is 22.8 Å². The Balaban J connectivity index is 0.00000392. The van der Waals surface area contributed by atoms with Crippen LogP contribution in [0.25, 0.3) is 0 Å². The molecule has 1 fully saturated rings. The van der Waals surface area contributed by atoms with E-state index in [9.17, 15) is 5.11 Å². The van der Waals surface area contributed by atoms with Crippen LogP contribution in [0.3, 0.4) is 0 Å². The molecular formula is C19H35ClIN5OS. The van der Waals surface area contributed by atoms with Gasteiger partial charge < -0.3 is 20.6 Å². The van der Waals surface area contributed by atoms with E-state index in [1.54, 1.807) is 0 Å². The molecule has 0 radical (unpaired) electrons. The average Bonchev–Trinajstić information content (AvgIpc) is 3.07. The molecule has 1 aromatic rings. The number of aliphatic hydroxyl groups excluding tert-OH is 1. The second-order valence-electron chi connectivity index (χ2n) is 7.41. The summed E-state index contributed by atoms with van der Waals surface area (Å²) in [6.07, 6.45) is -0.593. The summed E-state index contributed by atoms with van der Waals surface area (Å²) in [4.78, 5) is 10.6. The van der Waals surface area contributed by atoms with Crippen molar-refractivity contribution in [2.45, 2.75) is 32.9 Å². The Kier molecular flexibility index (Phi) is 12.2. The standard InChI is InChI=1S/C19H34ClN5OS.HI/c1-5-21-19(23-13-16(26)17-6-7-18(20)27-17)22-12-15(14(2)3)25-10-8-24(4)9-11-25;/h6-7,14-16,26H,5,8-13H2,1-4H3,(H2,21,22,23);1H. The maximum Gasteiger partial charge on any atom is 0.191 e. The van der Waals surface area contributed by atoms with E-state index in [4.69, 9.17) is 16.6 Å². The molecule has 1 aliphatic rings. The molecule has 2 rings (SSSR count). The third kappa shape index (κ3) is 8.31. The zero-order valence-electron chi connectivity index (χ0n) is 17.3. The first-order chi connectivity index (χ1) is 12.9. The highest BCUT2D eigenvalue weighted by atomic mass is 127. The predicted octanol–water partition coefficient (Wildman–Crippen LogP) is 2.88. The van der Waals surface area contributed by atoms with Crippen LogP contribution in [0.2, 0.25) is 4.34 Å². The highest BCUT2D eigenvalue weighted by molar-refractivity contribution is 14.0. The zero-order valence-corrected chi connectivity index (χ0v) is 21.2. The van der Waals surface area contributed by atoms with Crippen molar-refractivity contribution in [3.8, 4) is 0 Å². The molecule has 9 heteroatoms. The van der Waals surface area contributed by atoms with E-state index in [1.807, 2.05) is 19.1 Å². The predicted molar refractivity (Wildman–Crippen MR) is 131 cm³/mol. The van der Waals surface area contributed by atoms with E-state index in [1.165, 1.54) is 11.3 Å². The highest BCUT2D eigenvalue weighted by Gasteiger charge is 2.24. The van der Waals surface area contributed by atoms with Gasteiger partial charge in [0.25, 0.3) is 0 Å². The van der Waals surface area contributed by atoms with Crippen LogP contribution in [0, 0.1) is 5.92 Å². The Hall–Kier alpha value is -0.130. The number of nitrogens with zero attached hydrogens (tertiary/aromatic N) is 3. The first-order valence-corrected chi connectivity index (χ1v) is 11.0. The maximum atomic E-state index is 10.3. The molecule has 2 unspecified atom stereocenters. The second-order valence-corrected chi connectivity index (χ2v) is 9.16. The lowest BCUT2D eigenvalue weighted by Crippen LogP contribution is -2.52. The summed E-state index contributed by atoms with van der Waals surface area (Å²) in [6.45, 7) is 12.9. The topological polar surface area (TPSA) is 63.1 Å². The van der Waals surface area contributed by atoms with Crippen molar-refractivity contribution >= 4 is 52.9 Å². The number of aliphatic hydroxyl groups is 1. The normalized spacial score (nSPS) is 18.6. The number of aliphatic imine (C=N–C) groups is 1. The van der Waals surface area contributed by atoms with Crippen molar-refractivity contribution in [2.24, 2.45) is 10.9 Å². The number of hydrogen-bond acceptors (Lipinski definition) is 5. The van der Waals surface area contributed by atoms with Crippen molar-refractivity contribution in [1.29, 1.82) is 0 Å². The van der Waals surface area contributed by atoms with Gasteiger partial charge >= 0.3 is 0 Å². The van der Waals surface area contributed by atoms with Crippen LogP contribution in [0.15, 0.2) is 17.1 Å². The molecule has 0 aliphatic carbocycles. The number of thiophene rings is 1. The summed E-state index contributed by atoms with van der Waals surface area (Å²) in [7, 11) is 2.18. The smallest absolute Gasteiger partial charge is 0.191 e. The molecule has 6 nitrogen and oxygen atoms in total. The van der Waals surface area contributed by atoms with Crippen LogP contribution in [0.4, 0.5) is 0 Å². The fraction of sp³-hybridized carbons (Fsp3) is 0.737. The number of hydrogen-bond donors (Lipinski definition) is 3. The minimum atomic E-state index is -0.593. The molecule has 2 heterocycles. The number of rotatable bonds is 8. The van der Waals surface area contributed by atoms with Crippen LogP contribution in [-0.2, 0) is 0 Å². The Morgan fingerprint density at radius 1 is 1.25 bits per heavy atom. The lowest BCUT2D eigenvalue weighted by Gasteiger charge is -2.39. The van der Waals surface area contributed by atoms with Crippen molar-refractivity contribution in [1.82, 2.24) is 20.4 Å². The summed E-state index contributed by atoms with van der Waals surface area (Å²) in [5, 5.41) is 16.9. The molecule has 0 amide bonds. The highest BCUT2D eigenvalue weighted by Crippen LogP contribution is 2.26. The fourth-order valence-electron chi connectivity index (χ4n) is 3.23. The second kappa shape index (κ2) is 13.2. The largest absolute Gasteiger partial charge is 0.386 e. The van der Waals surface area contributed by atoms with Gasteiger partial charge in [0, 0.05) is 50.2 Å². The van der Waals surface area contributed by atoms with Crippen molar-refractivity contribution < 1.29 is 5.11 Å². The molecular weight excluding hydrogens is 509 g/mol. The summed E-state index contributed by atoms with van der Waals surface area (Å²) in [6, 6.07) is 4.11. The summed E-state index contributed by atoms with van der Waals surface area (Å²) in [5.74, 6) is 1.29. The average molecular weight is 544 g/mol. The third-order valence-corrected chi connectivity index (χ3v) is 6.27. The Morgan fingerprint density at radius 2 is 1.93 bits per heavy atom. The SMILES string of the molecule is CCNC(=NCC(C(C)C)N1CCN(C)CC1)NCC(O)c1ccc(Cl)s1.I. The van der Waals surface area contributed by atoms with Crippen molar-refractivity contribution in [3.05, 3.63) is 21.3 Å². The lowest BCUT2D eigenvalue weighted by atomic mass is 10.0. The van der Waals surface area contributed by atoms with E-state index >= 15 is 0 Å². The van der Waals surface area contributed by atoms with E-state index in [2.05, 4.69) is 41.3 Å². The summed E-state index contributed by atoms with van der Waals surface area (Å²) < 4.78 is 0.691. The lowest BCUT2D eigenvalue weighted by molar-refractivity contribution is 0.0925. The minimum absolute atomic E-state index is 0. The van der Waals surface area contributed by atoms with Gasteiger partial charge in [0.1, 0.15) is 6.10 Å². The van der Waals surface area contributed by atoms with Crippen LogP contribution >= 0.6 is 46.9 Å². The van der Waals surface area contributed by atoms with Crippen LogP contribution in [0.1, 0.15) is 31.8 Å². The molecule has 0 saturated carbocycles. The molecule has 2 atom stereocenters. The number of halogens is 2. The van der Waals surface area contributed by atoms with Gasteiger partial charge in [-0.2, -0.15) is 0 Å². The van der Waals surface area contributed by atoms with Gasteiger partial charge in [-0.05, 0) is 32.0 Å². The van der Waals surface area contributed by atoms with Gasteiger partial charge in [-0.1, -0.05) is 25.4 Å².